The van der Waals surface area contributed by atoms with Crippen molar-refractivity contribution in [2.75, 3.05) is 23.3 Å². The van der Waals surface area contributed by atoms with Crippen LogP contribution in [0.5, 0.6) is 0 Å². The van der Waals surface area contributed by atoms with Crippen molar-refractivity contribution in [1.82, 2.24) is 10.3 Å². The van der Waals surface area contributed by atoms with Crippen molar-refractivity contribution in [3.05, 3.63) is 66.2 Å². The Morgan fingerprint density at radius 3 is 2.61 bits per heavy atom. The van der Waals surface area contributed by atoms with Crippen LogP contribution in [0.4, 0.5) is 33.7 Å². The Labute approximate surface area is 175 Å². The van der Waals surface area contributed by atoms with Gasteiger partial charge in [-0.05, 0) is 30.3 Å². The van der Waals surface area contributed by atoms with E-state index in [0.717, 1.165) is 29.0 Å². The number of benzene rings is 2. The van der Waals surface area contributed by atoms with Crippen molar-refractivity contribution in [3.63, 3.8) is 0 Å². The average Bonchev–Trinajstić information content (AvgIpc) is 3.16. The van der Waals surface area contributed by atoms with Crippen LogP contribution in [-0.4, -0.2) is 30.1 Å². The minimum Gasteiger partial charge on any atom is -0.368 e. The number of pyridine rings is 1. The zero-order valence-corrected chi connectivity index (χ0v) is 16.2. The second kappa shape index (κ2) is 7.11. The molecule has 2 unspecified atom stereocenters. The first-order chi connectivity index (χ1) is 14.8. The number of amides is 2. The van der Waals surface area contributed by atoms with Gasteiger partial charge < -0.3 is 15.5 Å². The molecule has 0 spiro atoms. The van der Waals surface area contributed by atoms with E-state index < -0.39 is 17.6 Å². The summed E-state index contributed by atoms with van der Waals surface area (Å²) in [6.45, 7) is 0.793. The zero-order valence-electron chi connectivity index (χ0n) is 16.2. The Balaban J connectivity index is 1.22. The molecule has 2 fully saturated rings. The molecule has 1 aromatic heterocycles. The van der Waals surface area contributed by atoms with Gasteiger partial charge in [-0.2, -0.15) is 13.2 Å². The summed E-state index contributed by atoms with van der Waals surface area (Å²) in [4.78, 5) is 18.1. The summed E-state index contributed by atoms with van der Waals surface area (Å²) in [6, 6.07) is 9.36. The third-order valence-electron chi connectivity index (χ3n) is 6.03. The van der Waals surface area contributed by atoms with E-state index in [2.05, 4.69) is 15.6 Å². The molecular formula is C22H18F4N4O. The number of piperidine rings is 1. The number of rotatable bonds is 3. The van der Waals surface area contributed by atoms with E-state index in [9.17, 15) is 22.4 Å². The minimum atomic E-state index is -4.52. The van der Waals surface area contributed by atoms with E-state index in [4.69, 9.17) is 0 Å². The summed E-state index contributed by atoms with van der Waals surface area (Å²) in [5.41, 5.74) is -0.255. The van der Waals surface area contributed by atoms with Gasteiger partial charge in [0, 0.05) is 54.1 Å². The van der Waals surface area contributed by atoms with Gasteiger partial charge in [0.1, 0.15) is 5.82 Å². The number of carbonyl (C=O) groups is 1. The Hall–Kier alpha value is -3.36. The highest BCUT2D eigenvalue weighted by atomic mass is 19.4. The first kappa shape index (κ1) is 19.6. The maximum Gasteiger partial charge on any atom is 0.416 e. The molecule has 160 valence electrons. The second-order valence-electron chi connectivity index (χ2n) is 7.92. The molecule has 9 heteroatoms. The van der Waals surface area contributed by atoms with Crippen LogP contribution in [0.2, 0.25) is 0 Å². The molecule has 2 aliphatic rings. The van der Waals surface area contributed by atoms with Gasteiger partial charge in [-0.3, -0.25) is 4.98 Å². The molecular weight excluding hydrogens is 412 g/mol. The maximum atomic E-state index is 14.1. The number of fused-ring (bicyclic) bond motifs is 2. The topological polar surface area (TPSA) is 57.3 Å². The summed E-state index contributed by atoms with van der Waals surface area (Å²) in [7, 11) is 0. The number of urea groups is 1. The van der Waals surface area contributed by atoms with E-state index >= 15 is 0 Å². The van der Waals surface area contributed by atoms with E-state index in [1.165, 1.54) is 0 Å². The lowest BCUT2D eigenvalue weighted by atomic mass is 10.1. The molecule has 2 atom stereocenters. The third-order valence-corrected chi connectivity index (χ3v) is 6.03. The van der Waals surface area contributed by atoms with Gasteiger partial charge >= 0.3 is 12.2 Å². The summed E-state index contributed by atoms with van der Waals surface area (Å²) in [5, 5.41) is 7.55. The van der Waals surface area contributed by atoms with Gasteiger partial charge in [-0.1, -0.05) is 12.1 Å². The first-order valence-electron chi connectivity index (χ1n) is 9.83. The Morgan fingerprint density at radius 1 is 1.10 bits per heavy atom. The van der Waals surface area contributed by atoms with Crippen LogP contribution < -0.4 is 15.5 Å². The number of hydrogen-bond donors (Lipinski definition) is 2. The molecule has 31 heavy (non-hydrogen) atoms. The van der Waals surface area contributed by atoms with Crippen molar-refractivity contribution >= 4 is 28.2 Å². The summed E-state index contributed by atoms with van der Waals surface area (Å²) < 4.78 is 53.0. The quantitative estimate of drug-likeness (QED) is 0.595. The number of carbonyl (C=O) groups excluding carboxylic acids is 1. The number of halogens is 4. The lowest BCUT2D eigenvalue weighted by Crippen LogP contribution is -2.37. The fourth-order valence-corrected chi connectivity index (χ4v) is 4.41. The summed E-state index contributed by atoms with van der Waals surface area (Å²) >= 11 is 0. The standard InChI is InChI=1S/C22H18F4N4O/c23-17-5-4-13(22(24,25)26)8-19(17)30-10-15-16(11-30)20(15)29-21(31)28-18-3-1-2-12-9-27-7-6-14(12)18/h1-9,15-16,20H,10-11H2,(H2,28,29,31). The number of alkyl halides is 3. The molecule has 0 bridgehead atoms. The highest BCUT2D eigenvalue weighted by molar-refractivity contribution is 6.01. The van der Waals surface area contributed by atoms with Crippen LogP contribution in [0.1, 0.15) is 5.56 Å². The molecule has 1 aliphatic heterocycles. The van der Waals surface area contributed by atoms with Crippen molar-refractivity contribution in [2.24, 2.45) is 11.8 Å². The van der Waals surface area contributed by atoms with Gasteiger partial charge in [-0.15, -0.1) is 0 Å². The van der Waals surface area contributed by atoms with E-state index in [0.29, 0.717) is 18.8 Å². The first-order valence-corrected chi connectivity index (χ1v) is 9.83. The van der Waals surface area contributed by atoms with Gasteiger partial charge in [0.2, 0.25) is 0 Å². The molecule has 3 aromatic rings. The molecule has 0 radical (unpaired) electrons. The van der Waals surface area contributed by atoms with Crippen LogP contribution in [-0.2, 0) is 6.18 Å². The van der Waals surface area contributed by atoms with Crippen molar-refractivity contribution in [2.45, 2.75) is 12.2 Å². The number of nitrogens with one attached hydrogen (secondary N) is 2. The second-order valence-corrected chi connectivity index (χ2v) is 7.92. The molecule has 1 saturated carbocycles. The third kappa shape index (κ3) is 3.64. The summed E-state index contributed by atoms with van der Waals surface area (Å²) in [5.74, 6) is -0.519. The number of anilines is 2. The van der Waals surface area contributed by atoms with Crippen LogP contribution >= 0.6 is 0 Å². The lowest BCUT2D eigenvalue weighted by Gasteiger charge is -2.24. The monoisotopic (exact) mass is 430 g/mol. The number of hydrogen-bond acceptors (Lipinski definition) is 3. The highest BCUT2D eigenvalue weighted by Crippen LogP contribution is 2.47. The van der Waals surface area contributed by atoms with Gasteiger partial charge in [0.15, 0.2) is 0 Å². The van der Waals surface area contributed by atoms with Crippen LogP contribution in [0.25, 0.3) is 10.8 Å². The fraction of sp³-hybridized carbons (Fsp3) is 0.273. The van der Waals surface area contributed by atoms with E-state index in [-0.39, 0.29) is 29.6 Å². The largest absolute Gasteiger partial charge is 0.416 e. The summed E-state index contributed by atoms with van der Waals surface area (Å²) in [6.07, 6.45) is -1.16. The van der Waals surface area contributed by atoms with Gasteiger partial charge in [0.25, 0.3) is 0 Å². The van der Waals surface area contributed by atoms with Gasteiger partial charge in [-0.25, -0.2) is 9.18 Å². The molecule has 1 saturated heterocycles. The predicted molar refractivity (Wildman–Crippen MR) is 108 cm³/mol. The van der Waals surface area contributed by atoms with Crippen LogP contribution in [0.3, 0.4) is 0 Å². The number of aromatic nitrogens is 1. The SMILES string of the molecule is O=C(Nc1cccc2cnccc12)NC1C2CN(c3cc(C(F)(F)F)ccc3F)CC21. The molecule has 2 N–H and O–H groups in total. The van der Waals surface area contributed by atoms with Crippen LogP contribution in [0, 0.1) is 17.7 Å². The molecule has 2 heterocycles. The van der Waals surface area contributed by atoms with Gasteiger partial charge in [0.05, 0.1) is 16.9 Å². The molecule has 2 aromatic carbocycles. The Morgan fingerprint density at radius 2 is 1.87 bits per heavy atom. The molecule has 5 nitrogen and oxygen atoms in total. The number of nitrogens with zero attached hydrogens (tertiary/aromatic N) is 2. The van der Waals surface area contributed by atoms with E-state index in [1.54, 1.807) is 23.4 Å². The average molecular weight is 430 g/mol. The highest BCUT2D eigenvalue weighted by Gasteiger charge is 2.57. The smallest absolute Gasteiger partial charge is 0.368 e. The Kier molecular flexibility index (Phi) is 4.49. The van der Waals surface area contributed by atoms with Crippen molar-refractivity contribution in [1.29, 1.82) is 0 Å². The van der Waals surface area contributed by atoms with Crippen molar-refractivity contribution < 1.29 is 22.4 Å². The zero-order chi connectivity index (χ0) is 21.8. The maximum absolute atomic E-state index is 14.1. The molecule has 2 amide bonds. The lowest BCUT2D eigenvalue weighted by molar-refractivity contribution is -0.137. The predicted octanol–water partition coefficient (Wildman–Crippen LogP) is 4.65. The van der Waals surface area contributed by atoms with Crippen molar-refractivity contribution in [3.8, 4) is 0 Å². The minimum absolute atomic E-state index is 0.0467. The fourth-order valence-electron chi connectivity index (χ4n) is 4.41. The molecule has 1 aliphatic carbocycles. The molecule has 5 rings (SSSR count). The van der Waals surface area contributed by atoms with Crippen LogP contribution in [0.15, 0.2) is 54.9 Å². The van der Waals surface area contributed by atoms with E-state index in [1.807, 2.05) is 18.2 Å². The Bertz CT molecular complexity index is 1150. The normalized spacial score (nSPS) is 22.3.